The molecule has 0 aliphatic heterocycles. The molecule has 2 N–H and O–H groups in total. The smallest absolute Gasteiger partial charge is 0.0813 e. The molecule has 3 aromatic carbocycles. The van der Waals surface area contributed by atoms with E-state index in [9.17, 15) is 5.11 Å². The van der Waals surface area contributed by atoms with Crippen LogP contribution in [0.5, 0.6) is 0 Å². The molecule has 27 heavy (non-hydrogen) atoms. The standard InChI is InChI=1S/C23H23Br2NO/c1-15-3-12-21(13-16(15)2)26-22(17-4-8-19(24)9-5-17)14-23(27)18-6-10-20(25)11-7-18/h3-13,22-23,26-27H,14H2,1-2H3. The van der Waals surface area contributed by atoms with Crippen LogP contribution in [-0.4, -0.2) is 5.11 Å². The average molecular weight is 489 g/mol. The fraction of sp³-hybridized carbons (Fsp3) is 0.217. The summed E-state index contributed by atoms with van der Waals surface area (Å²) in [6.45, 7) is 4.23. The minimum Gasteiger partial charge on any atom is -0.388 e. The number of halogens is 2. The van der Waals surface area contributed by atoms with E-state index in [1.54, 1.807) is 0 Å². The van der Waals surface area contributed by atoms with Gasteiger partial charge in [-0.1, -0.05) is 62.2 Å². The van der Waals surface area contributed by atoms with Crippen LogP contribution in [0.2, 0.25) is 0 Å². The van der Waals surface area contributed by atoms with Crippen molar-refractivity contribution in [3.63, 3.8) is 0 Å². The summed E-state index contributed by atoms with van der Waals surface area (Å²) in [6, 6.07) is 22.5. The van der Waals surface area contributed by atoms with Crippen molar-refractivity contribution in [3.05, 3.63) is 97.9 Å². The molecule has 0 heterocycles. The van der Waals surface area contributed by atoms with Gasteiger partial charge in [0.05, 0.1) is 12.1 Å². The van der Waals surface area contributed by atoms with Gasteiger partial charge in [0.15, 0.2) is 0 Å². The molecule has 4 heteroatoms. The van der Waals surface area contributed by atoms with E-state index in [2.05, 4.69) is 81.4 Å². The summed E-state index contributed by atoms with van der Waals surface area (Å²) < 4.78 is 2.06. The number of aliphatic hydroxyl groups is 1. The summed E-state index contributed by atoms with van der Waals surface area (Å²) in [7, 11) is 0. The van der Waals surface area contributed by atoms with Gasteiger partial charge in [0, 0.05) is 21.1 Å². The Morgan fingerprint density at radius 1 is 0.778 bits per heavy atom. The third-order valence-corrected chi connectivity index (χ3v) is 5.89. The Balaban J connectivity index is 1.85. The van der Waals surface area contributed by atoms with Crippen LogP contribution in [0.3, 0.4) is 0 Å². The van der Waals surface area contributed by atoms with Crippen LogP contribution in [0.15, 0.2) is 75.7 Å². The Morgan fingerprint density at radius 3 is 1.89 bits per heavy atom. The first-order chi connectivity index (χ1) is 12.9. The summed E-state index contributed by atoms with van der Waals surface area (Å²) in [6.07, 6.45) is 0.0294. The van der Waals surface area contributed by atoms with Gasteiger partial charge in [0.1, 0.15) is 0 Å². The first kappa shape index (κ1) is 20.1. The molecule has 0 aromatic heterocycles. The van der Waals surface area contributed by atoms with Crippen molar-refractivity contribution in [2.45, 2.75) is 32.4 Å². The lowest BCUT2D eigenvalue weighted by Gasteiger charge is -2.24. The average Bonchev–Trinajstić information content (AvgIpc) is 2.65. The fourth-order valence-corrected chi connectivity index (χ4v) is 3.58. The van der Waals surface area contributed by atoms with E-state index in [4.69, 9.17) is 0 Å². The quantitative estimate of drug-likeness (QED) is 0.387. The van der Waals surface area contributed by atoms with Crippen LogP contribution in [0.1, 0.15) is 40.8 Å². The summed E-state index contributed by atoms with van der Waals surface area (Å²) in [5.74, 6) is 0. The molecule has 0 bridgehead atoms. The molecule has 0 aliphatic rings. The maximum atomic E-state index is 10.8. The summed E-state index contributed by atoms with van der Waals surface area (Å²) in [4.78, 5) is 0. The highest BCUT2D eigenvalue weighted by atomic mass is 79.9. The van der Waals surface area contributed by atoms with Crippen molar-refractivity contribution in [3.8, 4) is 0 Å². The molecule has 2 unspecified atom stereocenters. The second-order valence-corrected chi connectivity index (χ2v) is 8.68. The van der Waals surface area contributed by atoms with Gasteiger partial charge in [0.25, 0.3) is 0 Å². The largest absolute Gasteiger partial charge is 0.388 e. The molecule has 0 radical (unpaired) electrons. The lowest BCUT2D eigenvalue weighted by atomic mass is 9.96. The summed E-state index contributed by atoms with van der Waals surface area (Å²) in [5.41, 5.74) is 5.66. The lowest BCUT2D eigenvalue weighted by Crippen LogP contribution is -2.15. The third-order valence-electron chi connectivity index (χ3n) is 4.83. The topological polar surface area (TPSA) is 32.3 Å². The van der Waals surface area contributed by atoms with E-state index in [0.717, 1.165) is 25.8 Å². The molecular weight excluding hydrogens is 466 g/mol. The molecular formula is C23H23Br2NO. The number of hydrogen-bond donors (Lipinski definition) is 2. The normalized spacial score (nSPS) is 13.2. The molecule has 2 nitrogen and oxygen atoms in total. The third kappa shape index (κ3) is 5.44. The Hall–Kier alpha value is -1.62. The van der Waals surface area contributed by atoms with E-state index in [1.807, 2.05) is 36.4 Å². The number of hydrogen-bond acceptors (Lipinski definition) is 2. The number of nitrogens with one attached hydrogen (secondary N) is 1. The number of rotatable bonds is 6. The zero-order valence-electron chi connectivity index (χ0n) is 15.4. The van der Waals surface area contributed by atoms with Crippen molar-refractivity contribution in [1.82, 2.24) is 0 Å². The van der Waals surface area contributed by atoms with Gasteiger partial charge in [-0.3, -0.25) is 0 Å². The van der Waals surface area contributed by atoms with Gasteiger partial charge < -0.3 is 10.4 Å². The van der Waals surface area contributed by atoms with Crippen LogP contribution in [-0.2, 0) is 0 Å². The van der Waals surface area contributed by atoms with Crippen molar-refractivity contribution in [2.75, 3.05) is 5.32 Å². The van der Waals surface area contributed by atoms with Crippen LogP contribution in [0.4, 0.5) is 5.69 Å². The SMILES string of the molecule is Cc1ccc(NC(CC(O)c2ccc(Br)cc2)c2ccc(Br)cc2)cc1C. The van der Waals surface area contributed by atoms with E-state index >= 15 is 0 Å². The Morgan fingerprint density at radius 2 is 1.33 bits per heavy atom. The van der Waals surface area contributed by atoms with Crippen molar-refractivity contribution < 1.29 is 5.11 Å². The van der Waals surface area contributed by atoms with Gasteiger partial charge in [-0.2, -0.15) is 0 Å². The molecule has 3 aromatic rings. The molecule has 0 saturated heterocycles. The Bertz CT molecular complexity index is 891. The first-order valence-electron chi connectivity index (χ1n) is 8.95. The van der Waals surface area contributed by atoms with Gasteiger partial charge >= 0.3 is 0 Å². The van der Waals surface area contributed by atoms with Crippen molar-refractivity contribution in [1.29, 1.82) is 0 Å². The fourth-order valence-electron chi connectivity index (χ4n) is 3.05. The molecule has 0 spiro atoms. The molecule has 3 rings (SSSR count). The minimum absolute atomic E-state index is 0.00106. The Labute approximate surface area is 177 Å². The molecule has 0 saturated carbocycles. The van der Waals surface area contributed by atoms with Crippen LogP contribution < -0.4 is 5.32 Å². The molecule has 0 amide bonds. The second-order valence-electron chi connectivity index (χ2n) is 6.85. The Kier molecular flexibility index (Phi) is 6.74. The lowest BCUT2D eigenvalue weighted by molar-refractivity contribution is 0.160. The minimum atomic E-state index is -0.550. The maximum absolute atomic E-state index is 10.8. The van der Waals surface area contributed by atoms with Gasteiger partial charge in [-0.25, -0.2) is 0 Å². The molecule has 0 aliphatic carbocycles. The van der Waals surface area contributed by atoms with E-state index in [0.29, 0.717) is 6.42 Å². The number of anilines is 1. The van der Waals surface area contributed by atoms with Gasteiger partial charge in [-0.15, -0.1) is 0 Å². The summed E-state index contributed by atoms with van der Waals surface area (Å²) >= 11 is 6.95. The van der Waals surface area contributed by atoms with Crippen molar-refractivity contribution in [2.24, 2.45) is 0 Å². The highest BCUT2D eigenvalue weighted by molar-refractivity contribution is 9.10. The van der Waals surface area contributed by atoms with Crippen LogP contribution in [0, 0.1) is 13.8 Å². The van der Waals surface area contributed by atoms with E-state index in [-0.39, 0.29) is 6.04 Å². The van der Waals surface area contributed by atoms with Crippen LogP contribution >= 0.6 is 31.9 Å². The monoisotopic (exact) mass is 487 g/mol. The number of aryl methyl sites for hydroxylation is 2. The highest BCUT2D eigenvalue weighted by Gasteiger charge is 2.18. The maximum Gasteiger partial charge on any atom is 0.0813 e. The predicted molar refractivity (Wildman–Crippen MR) is 120 cm³/mol. The molecule has 0 fully saturated rings. The number of aliphatic hydroxyl groups excluding tert-OH is 1. The van der Waals surface area contributed by atoms with E-state index < -0.39 is 6.10 Å². The van der Waals surface area contributed by atoms with Crippen molar-refractivity contribution >= 4 is 37.5 Å². The van der Waals surface area contributed by atoms with Gasteiger partial charge in [0.2, 0.25) is 0 Å². The molecule has 140 valence electrons. The summed E-state index contributed by atoms with van der Waals surface area (Å²) in [5, 5.41) is 14.4. The zero-order chi connectivity index (χ0) is 19.4. The predicted octanol–water partition coefficient (Wildman–Crippen LogP) is 7.11. The molecule has 2 atom stereocenters. The van der Waals surface area contributed by atoms with Gasteiger partial charge in [-0.05, 0) is 72.5 Å². The van der Waals surface area contributed by atoms with Crippen LogP contribution in [0.25, 0.3) is 0 Å². The second kappa shape index (κ2) is 9.05. The zero-order valence-corrected chi connectivity index (χ0v) is 18.6. The highest BCUT2D eigenvalue weighted by Crippen LogP contribution is 2.31. The number of benzene rings is 3. The van der Waals surface area contributed by atoms with E-state index in [1.165, 1.54) is 11.1 Å². The first-order valence-corrected chi connectivity index (χ1v) is 10.5.